The van der Waals surface area contributed by atoms with Gasteiger partial charge in [0.05, 0.1) is 7.11 Å². The zero-order valence-corrected chi connectivity index (χ0v) is 21.1. The van der Waals surface area contributed by atoms with Crippen molar-refractivity contribution in [3.8, 4) is 12.1 Å². The van der Waals surface area contributed by atoms with Gasteiger partial charge in [-0.25, -0.2) is 0 Å². The van der Waals surface area contributed by atoms with Crippen LogP contribution in [0.4, 0.5) is 11.6 Å². The van der Waals surface area contributed by atoms with Gasteiger partial charge in [0.25, 0.3) is 0 Å². The fourth-order valence-corrected chi connectivity index (χ4v) is 4.97. The highest BCUT2D eigenvalue weighted by Gasteiger charge is 2.49. The van der Waals surface area contributed by atoms with Gasteiger partial charge in [-0.3, -0.25) is 9.78 Å². The number of hydrogen-bond acceptors (Lipinski definition) is 9. The van der Waals surface area contributed by atoms with Crippen LogP contribution >= 0.6 is 0 Å². The number of nitriles is 1. The first-order valence-electron chi connectivity index (χ1n) is 12.3. The molecule has 1 spiro atoms. The van der Waals surface area contributed by atoms with Gasteiger partial charge in [0, 0.05) is 50.5 Å². The van der Waals surface area contributed by atoms with Crippen LogP contribution in [0.3, 0.4) is 0 Å². The molecule has 0 saturated carbocycles. The summed E-state index contributed by atoms with van der Waals surface area (Å²) in [6, 6.07) is 6.26. The van der Waals surface area contributed by atoms with E-state index in [4.69, 9.17) is 4.74 Å². The first kappa shape index (κ1) is 25.4. The summed E-state index contributed by atoms with van der Waals surface area (Å²) >= 11 is 0. The van der Waals surface area contributed by atoms with Crippen molar-refractivity contribution in [1.82, 2.24) is 24.8 Å². The molecule has 5 rings (SSSR count). The molecular weight excluding hydrogens is 456 g/mol. The van der Waals surface area contributed by atoms with E-state index in [9.17, 15) is 10.1 Å². The minimum Gasteiger partial charge on any atom is -0.467 e. The number of carbonyl (C=O) groups is 1. The lowest BCUT2D eigenvalue weighted by Gasteiger charge is -2.47. The second-order valence-corrected chi connectivity index (χ2v) is 9.66. The fraction of sp³-hybridized carbons (Fsp3) is 0.500. The predicted molar refractivity (Wildman–Crippen MR) is 138 cm³/mol. The Morgan fingerprint density at radius 3 is 2.64 bits per heavy atom. The van der Waals surface area contributed by atoms with Crippen LogP contribution in [0, 0.1) is 16.7 Å². The Kier molecular flexibility index (Phi) is 8.00. The number of anilines is 2. The number of ether oxygens (including phenoxy) is 1. The lowest BCUT2D eigenvalue weighted by atomic mass is 9.79. The molecule has 2 aromatic heterocycles. The molecule has 3 saturated heterocycles. The van der Waals surface area contributed by atoms with Crippen molar-refractivity contribution in [2.75, 3.05) is 63.6 Å². The minimum atomic E-state index is -0.0395. The highest BCUT2D eigenvalue weighted by Crippen LogP contribution is 2.42. The summed E-state index contributed by atoms with van der Waals surface area (Å²) < 4.78 is 5.29. The number of nitrogens with one attached hydrogen (secondary N) is 1. The van der Waals surface area contributed by atoms with Crippen molar-refractivity contribution in [3.05, 3.63) is 48.3 Å². The van der Waals surface area contributed by atoms with Gasteiger partial charge in [-0.2, -0.15) is 15.2 Å². The molecule has 10 heteroatoms. The molecule has 0 atom stereocenters. The summed E-state index contributed by atoms with van der Waals surface area (Å²) in [5.74, 6) is 0.951. The van der Waals surface area contributed by atoms with Gasteiger partial charge in [-0.1, -0.05) is 12.6 Å². The molecule has 0 aromatic carbocycles. The van der Waals surface area contributed by atoms with E-state index in [0.717, 1.165) is 25.1 Å². The summed E-state index contributed by atoms with van der Waals surface area (Å²) in [6.07, 6.45) is 8.58. The molecule has 3 aliphatic rings. The zero-order chi connectivity index (χ0) is 25.5. The number of methoxy groups -OCH3 is 1. The molecule has 5 heterocycles. The van der Waals surface area contributed by atoms with E-state index >= 15 is 0 Å². The molecule has 0 unspecified atom stereocenters. The van der Waals surface area contributed by atoms with E-state index in [1.54, 1.807) is 17.3 Å². The van der Waals surface area contributed by atoms with Crippen LogP contribution in [0.25, 0.3) is 0 Å². The van der Waals surface area contributed by atoms with Gasteiger partial charge in [0.15, 0.2) is 11.6 Å². The van der Waals surface area contributed by atoms with E-state index < -0.39 is 0 Å². The van der Waals surface area contributed by atoms with Crippen molar-refractivity contribution in [2.24, 2.45) is 5.41 Å². The number of amides is 1. The predicted octanol–water partition coefficient (Wildman–Crippen LogP) is 2.30. The average Bonchev–Trinajstić information content (AvgIpc) is 3.56. The summed E-state index contributed by atoms with van der Waals surface area (Å²) in [7, 11) is 3.68. The Morgan fingerprint density at radius 1 is 1.28 bits per heavy atom. The molecule has 0 bridgehead atoms. The number of hydrogen-bond donors (Lipinski definition) is 1. The molecule has 190 valence electrons. The van der Waals surface area contributed by atoms with Crippen molar-refractivity contribution < 1.29 is 9.53 Å². The van der Waals surface area contributed by atoms with Gasteiger partial charge in [0.1, 0.15) is 11.6 Å². The molecule has 3 aliphatic heterocycles. The molecule has 3 fully saturated rings. The normalized spacial score (nSPS) is 18.1. The monoisotopic (exact) mass is 490 g/mol. The van der Waals surface area contributed by atoms with Gasteiger partial charge >= 0.3 is 6.01 Å². The SMILES string of the molecule is C=CC(=O)N1CC2(CCN(c3nc(OC)nc(NCc4cccnc4)c3C#N)C2)C1.CN1CCCC1. The first-order chi connectivity index (χ1) is 17.5. The third-order valence-electron chi connectivity index (χ3n) is 6.95. The lowest BCUT2D eigenvalue weighted by Crippen LogP contribution is -2.59. The maximum absolute atomic E-state index is 11.8. The average molecular weight is 491 g/mol. The Balaban J connectivity index is 0.000000445. The van der Waals surface area contributed by atoms with Crippen molar-refractivity contribution in [3.63, 3.8) is 0 Å². The van der Waals surface area contributed by atoms with Gasteiger partial charge < -0.3 is 24.8 Å². The van der Waals surface area contributed by atoms with Crippen LogP contribution < -0.4 is 15.0 Å². The second-order valence-electron chi connectivity index (χ2n) is 9.66. The molecule has 1 amide bonds. The van der Waals surface area contributed by atoms with Crippen molar-refractivity contribution in [1.29, 1.82) is 5.26 Å². The molecule has 36 heavy (non-hydrogen) atoms. The summed E-state index contributed by atoms with van der Waals surface area (Å²) in [4.78, 5) is 31.0. The summed E-state index contributed by atoms with van der Waals surface area (Å²) in [5, 5.41) is 13.1. The van der Waals surface area contributed by atoms with Crippen LogP contribution in [-0.4, -0.2) is 84.1 Å². The number of rotatable bonds is 6. The molecule has 1 N–H and O–H groups in total. The molecule has 0 aliphatic carbocycles. The number of carbonyl (C=O) groups excluding carboxylic acids is 1. The third kappa shape index (κ3) is 5.74. The van der Waals surface area contributed by atoms with Crippen LogP contribution in [0.1, 0.15) is 30.4 Å². The Bertz CT molecular complexity index is 1100. The number of likely N-dealkylation sites (tertiary alicyclic amines) is 2. The van der Waals surface area contributed by atoms with Crippen LogP contribution in [0.2, 0.25) is 0 Å². The third-order valence-corrected chi connectivity index (χ3v) is 6.95. The molecule has 2 aromatic rings. The zero-order valence-electron chi connectivity index (χ0n) is 21.1. The van der Waals surface area contributed by atoms with Crippen LogP contribution in [0.15, 0.2) is 37.2 Å². The van der Waals surface area contributed by atoms with E-state index in [-0.39, 0.29) is 17.3 Å². The number of nitrogens with zero attached hydrogens (tertiary/aromatic N) is 7. The molecule has 10 nitrogen and oxygen atoms in total. The second kappa shape index (κ2) is 11.4. The summed E-state index contributed by atoms with van der Waals surface area (Å²) in [6.45, 7) is 9.55. The molecule has 0 radical (unpaired) electrons. The Morgan fingerprint density at radius 2 is 2.06 bits per heavy atom. The Hall–Kier alpha value is -3.71. The van der Waals surface area contributed by atoms with Crippen molar-refractivity contribution in [2.45, 2.75) is 25.8 Å². The van der Waals surface area contributed by atoms with Crippen LogP contribution in [-0.2, 0) is 11.3 Å². The maximum Gasteiger partial charge on any atom is 0.320 e. The van der Waals surface area contributed by atoms with E-state index in [1.165, 1.54) is 39.1 Å². The fourth-order valence-electron chi connectivity index (χ4n) is 4.97. The van der Waals surface area contributed by atoms with Crippen LogP contribution in [0.5, 0.6) is 6.01 Å². The highest BCUT2D eigenvalue weighted by atomic mass is 16.5. The van der Waals surface area contributed by atoms with Gasteiger partial charge in [0.2, 0.25) is 5.91 Å². The molecular formula is C26H34N8O2. The summed E-state index contributed by atoms with van der Waals surface area (Å²) in [5.41, 5.74) is 1.39. The van der Waals surface area contributed by atoms with E-state index in [2.05, 4.69) is 49.8 Å². The standard InChI is InChI=1S/C21H23N7O2.C5H11N/c1-3-17(29)28-13-21(14-28)6-8-27(12-21)19-16(9-22)18(25-20(26-19)30-2)24-11-15-5-4-7-23-10-15;1-6-4-2-3-5-6/h3-5,7,10H,1,6,8,11-14H2,2H3,(H,24,25,26);2-5H2,1H3. The largest absolute Gasteiger partial charge is 0.467 e. The van der Waals surface area contributed by atoms with E-state index in [1.807, 2.05) is 12.1 Å². The topological polar surface area (TPSA) is 111 Å². The quantitative estimate of drug-likeness (QED) is 0.610. The smallest absolute Gasteiger partial charge is 0.320 e. The number of aromatic nitrogens is 3. The number of pyridine rings is 1. The van der Waals surface area contributed by atoms with Gasteiger partial charge in [-0.05, 0) is 57.1 Å². The lowest BCUT2D eigenvalue weighted by molar-refractivity contribution is -0.136. The maximum atomic E-state index is 11.8. The van der Waals surface area contributed by atoms with E-state index in [0.29, 0.717) is 36.8 Å². The highest BCUT2D eigenvalue weighted by molar-refractivity contribution is 5.87. The minimum absolute atomic E-state index is 0.0346. The van der Waals surface area contributed by atoms with Crippen molar-refractivity contribution >= 4 is 17.5 Å². The Labute approximate surface area is 212 Å². The van der Waals surface area contributed by atoms with Gasteiger partial charge in [-0.15, -0.1) is 0 Å². The first-order valence-corrected chi connectivity index (χ1v) is 12.3.